The van der Waals surface area contributed by atoms with Crippen LogP contribution in [-0.2, 0) is 4.79 Å². The summed E-state index contributed by atoms with van der Waals surface area (Å²) >= 11 is 0. The van der Waals surface area contributed by atoms with Gasteiger partial charge in [0.15, 0.2) is 0 Å². The molecule has 0 radical (unpaired) electrons. The maximum Gasteiger partial charge on any atom is 0.303 e. The highest BCUT2D eigenvalue weighted by molar-refractivity contribution is 5.69. The van der Waals surface area contributed by atoms with E-state index in [1.165, 1.54) is 24.0 Å². The molecule has 0 amide bonds. The molecule has 0 atom stereocenters. The molecule has 4 heteroatoms. The molecule has 1 aromatic carbocycles. The largest absolute Gasteiger partial charge is 0.481 e. The number of nitrogen functional groups attached to an aromatic ring is 1. The lowest BCUT2D eigenvalue weighted by atomic mass is 10.0. The molecule has 2 rings (SSSR count). The number of carbonyl (C=O) groups is 1. The van der Waals surface area contributed by atoms with Crippen LogP contribution in [0.5, 0.6) is 0 Å². The van der Waals surface area contributed by atoms with Crippen LogP contribution >= 0.6 is 0 Å². The standard InChI is InChI=1S/C17H26N2O2/c1-12-10-15(18)16(11-14(12)13-7-8-13)19-9-5-3-2-4-6-17(20)21/h10-11,13,19H,2-9,18H2,1H3,(H,20,21). The normalized spacial score (nSPS) is 14.1. The SMILES string of the molecule is Cc1cc(N)c(NCCCCCCC(=O)O)cc1C1CC1. The molecule has 21 heavy (non-hydrogen) atoms. The molecular weight excluding hydrogens is 264 g/mol. The van der Waals surface area contributed by atoms with Crippen molar-refractivity contribution in [2.45, 2.75) is 57.8 Å². The fourth-order valence-corrected chi connectivity index (χ4v) is 2.71. The van der Waals surface area contributed by atoms with E-state index in [9.17, 15) is 4.79 Å². The molecule has 1 aliphatic carbocycles. The van der Waals surface area contributed by atoms with Crippen LogP contribution in [0.25, 0.3) is 0 Å². The van der Waals surface area contributed by atoms with Crippen molar-refractivity contribution in [3.05, 3.63) is 23.3 Å². The number of nitrogens with two attached hydrogens (primary N) is 1. The third-order valence-corrected chi connectivity index (χ3v) is 4.09. The molecule has 0 aliphatic heterocycles. The van der Waals surface area contributed by atoms with Crippen LogP contribution in [0.4, 0.5) is 11.4 Å². The summed E-state index contributed by atoms with van der Waals surface area (Å²) in [6.45, 7) is 3.03. The smallest absolute Gasteiger partial charge is 0.303 e. The van der Waals surface area contributed by atoms with Crippen LogP contribution in [0.15, 0.2) is 12.1 Å². The van der Waals surface area contributed by atoms with E-state index in [2.05, 4.69) is 24.4 Å². The highest BCUT2D eigenvalue weighted by atomic mass is 16.4. The Morgan fingerprint density at radius 1 is 1.29 bits per heavy atom. The molecular formula is C17H26N2O2. The van der Waals surface area contributed by atoms with Crippen molar-refractivity contribution in [3.63, 3.8) is 0 Å². The summed E-state index contributed by atoms with van der Waals surface area (Å²) in [5.41, 5.74) is 10.7. The van der Waals surface area contributed by atoms with E-state index in [4.69, 9.17) is 10.8 Å². The highest BCUT2D eigenvalue weighted by Gasteiger charge is 2.25. The van der Waals surface area contributed by atoms with Crippen molar-refractivity contribution in [3.8, 4) is 0 Å². The average molecular weight is 290 g/mol. The summed E-state index contributed by atoms with van der Waals surface area (Å²) in [6.07, 6.45) is 6.73. The van der Waals surface area contributed by atoms with E-state index in [-0.39, 0.29) is 6.42 Å². The molecule has 0 saturated heterocycles. The maximum atomic E-state index is 10.4. The van der Waals surface area contributed by atoms with Gasteiger partial charge < -0.3 is 16.2 Å². The van der Waals surface area contributed by atoms with Gasteiger partial charge in [0.1, 0.15) is 0 Å². The summed E-state index contributed by atoms with van der Waals surface area (Å²) in [4.78, 5) is 10.4. The average Bonchev–Trinajstić information content (AvgIpc) is 3.23. The van der Waals surface area contributed by atoms with Gasteiger partial charge in [0, 0.05) is 13.0 Å². The number of rotatable bonds is 9. The van der Waals surface area contributed by atoms with Gasteiger partial charge in [-0.3, -0.25) is 4.79 Å². The van der Waals surface area contributed by atoms with E-state index in [0.717, 1.165) is 49.5 Å². The Morgan fingerprint density at radius 3 is 2.67 bits per heavy atom. The van der Waals surface area contributed by atoms with Gasteiger partial charge in [-0.15, -0.1) is 0 Å². The molecule has 1 fully saturated rings. The van der Waals surface area contributed by atoms with E-state index in [1.807, 2.05) is 0 Å². The van der Waals surface area contributed by atoms with Gasteiger partial charge in [0.25, 0.3) is 0 Å². The fraction of sp³-hybridized carbons (Fsp3) is 0.588. The zero-order valence-electron chi connectivity index (χ0n) is 12.8. The molecule has 1 saturated carbocycles. The molecule has 1 aromatic rings. The lowest BCUT2D eigenvalue weighted by Gasteiger charge is -2.13. The summed E-state index contributed by atoms with van der Waals surface area (Å²) in [5, 5.41) is 12.0. The topological polar surface area (TPSA) is 75.3 Å². The second kappa shape index (κ2) is 7.34. The van der Waals surface area contributed by atoms with E-state index < -0.39 is 5.97 Å². The quantitative estimate of drug-likeness (QED) is 0.476. The first-order valence-electron chi connectivity index (χ1n) is 7.93. The predicted octanol–water partition coefficient (Wildman–Crippen LogP) is 3.90. The molecule has 0 heterocycles. The van der Waals surface area contributed by atoms with Crippen molar-refractivity contribution in [2.75, 3.05) is 17.6 Å². The lowest BCUT2D eigenvalue weighted by molar-refractivity contribution is -0.137. The Balaban J connectivity index is 1.73. The van der Waals surface area contributed by atoms with Crippen molar-refractivity contribution < 1.29 is 9.90 Å². The molecule has 0 bridgehead atoms. The van der Waals surface area contributed by atoms with Crippen LogP contribution in [0.1, 0.15) is 62.0 Å². The number of carboxylic acid groups (broad SMARTS) is 1. The van der Waals surface area contributed by atoms with Crippen LogP contribution in [0.3, 0.4) is 0 Å². The first-order chi connectivity index (χ1) is 10.1. The maximum absolute atomic E-state index is 10.4. The summed E-state index contributed by atoms with van der Waals surface area (Å²) < 4.78 is 0. The van der Waals surface area contributed by atoms with Gasteiger partial charge in [0.05, 0.1) is 11.4 Å². The molecule has 4 N–H and O–H groups in total. The van der Waals surface area contributed by atoms with E-state index in [1.54, 1.807) is 0 Å². The highest BCUT2D eigenvalue weighted by Crippen LogP contribution is 2.43. The first-order valence-corrected chi connectivity index (χ1v) is 7.93. The zero-order valence-corrected chi connectivity index (χ0v) is 12.8. The van der Waals surface area contributed by atoms with Crippen LogP contribution in [0.2, 0.25) is 0 Å². The van der Waals surface area contributed by atoms with Gasteiger partial charge in [-0.2, -0.15) is 0 Å². The van der Waals surface area contributed by atoms with Crippen LogP contribution in [-0.4, -0.2) is 17.6 Å². The van der Waals surface area contributed by atoms with Crippen molar-refractivity contribution in [1.29, 1.82) is 0 Å². The summed E-state index contributed by atoms with van der Waals surface area (Å²) in [6, 6.07) is 4.29. The zero-order chi connectivity index (χ0) is 15.2. The molecule has 0 unspecified atom stereocenters. The molecule has 4 nitrogen and oxygen atoms in total. The number of aryl methyl sites for hydroxylation is 1. The molecule has 0 aromatic heterocycles. The minimum Gasteiger partial charge on any atom is -0.481 e. The minimum atomic E-state index is -0.701. The Labute approximate surface area is 126 Å². The number of unbranched alkanes of at least 4 members (excludes halogenated alkanes) is 3. The number of hydrogen-bond donors (Lipinski definition) is 3. The second-order valence-electron chi connectivity index (χ2n) is 6.06. The van der Waals surface area contributed by atoms with Crippen molar-refractivity contribution in [1.82, 2.24) is 0 Å². The Kier molecular flexibility index (Phi) is 5.48. The van der Waals surface area contributed by atoms with Gasteiger partial charge >= 0.3 is 5.97 Å². The first kappa shape index (κ1) is 15.7. The van der Waals surface area contributed by atoms with E-state index >= 15 is 0 Å². The summed E-state index contributed by atoms with van der Waals surface area (Å²) in [7, 11) is 0. The summed E-state index contributed by atoms with van der Waals surface area (Å²) in [5.74, 6) is 0.0373. The van der Waals surface area contributed by atoms with E-state index in [0.29, 0.717) is 0 Å². The number of nitrogens with one attached hydrogen (secondary N) is 1. The Bertz CT molecular complexity index is 496. The number of aliphatic carboxylic acids is 1. The van der Waals surface area contributed by atoms with Crippen molar-refractivity contribution in [2.24, 2.45) is 0 Å². The fourth-order valence-electron chi connectivity index (χ4n) is 2.71. The minimum absolute atomic E-state index is 0.281. The van der Waals surface area contributed by atoms with Crippen LogP contribution in [0, 0.1) is 6.92 Å². The second-order valence-corrected chi connectivity index (χ2v) is 6.06. The Morgan fingerprint density at radius 2 is 2.00 bits per heavy atom. The van der Waals surface area contributed by atoms with Gasteiger partial charge in [-0.25, -0.2) is 0 Å². The van der Waals surface area contributed by atoms with Gasteiger partial charge in [0.2, 0.25) is 0 Å². The lowest BCUT2D eigenvalue weighted by Crippen LogP contribution is -2.05. The van der Waals surface area contributed by atoms with Gasteiger partial charge in [-0.05, 0) is 61.8 Å². The number of anilines is 2. The number of benzene rings is 1. The van der Waals surface area contributed by atoms with Crippen molar-refractivity contribution >= 4 is 17.3 Å². The Hall–Kier alpha value is -1.71. The van der Waals surface area contributed by atoms with Gasteiger partial charge in [-0.1, -0.05) is 12.8 Å². The number of hydrogen-bond acceptors (Lipinski definition) is 3. The molecule has 1 aliphatic rings. The number of carboxylic acids is 1. The third-order valence-electron chi connectivity index (χ3n) is 4.09. The van der Waals surface area contributed by atoms with Crippen LogP contribution < -0.4 is 11.1 Å². The predicted molar refractivity (Wildman–Crippen MR) is 86.8 cm³/mol. The molecule has 0 spiro atoms. The monoisotopic (exact) mass is 290 g/mol. The third kappa shape index (κ3) is 4.96. The molecule has 116 valence electrons.